The average molecular weight is 317 g/mol. The zero-order valence-corrected chi connectivity index (χ0v) is 12.8. The van der Waals surface area contributed by atoms with Crippen LogP contribution in [0.15, 0.2) is 48.8 Å². The van der Waals surface area contributed by atoms with E-state index in [4.69, 9.17) is 23.2 Å². The predicted molar refractivity (Wildman–Crippen MR) is 87.1 cm³/mol. The molecule has 2 aliphatic rings. The van der Waals surface area contributed by atoms with E-state index < -0.39 is 0 Å². The number of benzene rings is 1. The maximum absolute atomic E-state index is 6.44. The Morgan fingerprint density at radius 1 is 1.14 bits per heavy atom. The lowest BCUT2D eigenvalue weighted by atomic mass is 9.77. The molecule has 1 aliphatic carbocycles. The Morgan fingerprint density at radius 2 is 1.95 bits per heavy atom. The Kier molecular flexibility index (Phi) is 3.16. The van der Waals surface area contributed by atoms with E-state index in [0.717, 1.165) is 17.1 Å². The van der Waals surface area contributed by atoms with Crippen LogP contribution >= 0.6 is 23.2 Å². The zero-order valence-electron chi connectivity index (χ0n) is 11.3. The van der Waals surface area contributed by atoms with E-state index in [1.54, 1.807) is 0 Å². The lowest BCUT2D eigenvalue weighted by Gasteiger charge is -2.38. The summed E-state index contributed by atoms with van der Waals surface area (Å²) in [6, 6.07) is 8.21. The molecule has 2 heterocycles. The second-order valence-corrected chi connectivity index (χ2v) is 6.45. The van der Waals surface area contributed by atoms with E-state index >= 15 is 0 Å². The number of fused-ring (bicyclic) bond motifs is 3. The molecular formula is C17H14Cl2N2. The number of nitrogens with one attached hydrogen (secondary N) is 1. The van der Waals surface area contributed by atoms with Gasteiger partial charge in [-0.05, 0) is 42.2 Å². The third-order valence-electron chi connectivity index (χ3n) is 4.44. The van der Waals surface area contributed by atoms with Crippen LogP contribution in [0.25, 0.3) is 0 Å². The van der Waals surface area contributed by atoms with Gasteiger partial charge >= 0.3 is 0 Å². The number of hydrogen-bond donors (Lipinski definition) is 1. The zero-order chi connectivity index (χ0) is 14.4. The van der Waals surface area contributed by atoms with E-state index in [1.807, 2.05) is 24.5 Å². The van der Waals surface area contributed by atoms with Crippen molar-refractivity contribution in [2.75, 3.05) is 5.32 Å². The van der Waals surface area contributed by atoms with Crippen molar-refractivity contribution >= 4 is 28.9 Å². The van der Waals surface area contributed by atoms with Crippen LogP contribution in [0.4, 0.5) is 5.69 Å². The van der Waals surface area contributed by atoms with E-state index in [-0.39, 0.29) is 6.04 Å². The third-order valence-corrected chi connectivity index (χ3v) is 4.98. The molecule has 4 heteroatoms. The molecular weight excluding hydrogens is 303 g/mol. The maximum Gasteiger partial charge on any atom is 0.0555 e. The number of aromatic nitrogens is 1. The van der Waals surface area contributed by atoms with Gasteiger partial charge in [0.1, 0.15) is 0 Å². The molecule has 0 radical (unpaired) electrons. The summed E-state index contributed by atoms with van der Waals surface area (Å²) in [5.41, 5.74) is 3.47. The molecule has 0 amide bonds. The molecule has 1 aliphatic heterocycles. The Hall–Kier alpha value is -1.51. The van der Waals surface area contributed by atoms with Gasteiger partial charge in [0.05, 0.1) is 6.04 Å². The minimum atomic E-state index is 0.259. The lowest BCUT2D eigenvalue weighted by Crippen LogP contribution is -2.29. The van der Waals surface area contributed by atoms with E-state index in [2.05, 4.69) is 34.6 Å². The standard InChI is InChI=1S/C17H14Cl2N2/c18-11-8-14(19)16-12-2-1-3-13(12)17(21-15(16)9-11)10-4-6-20-7-5-10/h1-2,4-9,12-13,17,21H,3H2/t12-,13+,17+/m0/s1. The van der Waals surface area contributed by atoms with Crippen molar-refractivity contribution in [1.82, 2.24) is 4.98 Å². The monoisotopic (exact) mass is 316 g/mol. The summed E-state index contributed by atoms with van der Waals surface area (Å²) in [4.78, 5) is 4.11. The quantitative estimate of drug-likeness (QED) is 0.730. The molecule has 4 rings (SSSR count). The van der Waals surface area contributed by atoms with Crippen molar-refractivity contribution in [1.29, 1.82) is 0 Å². The van der Waals surface area contributed by atoms with E-state index in [9.17, 15) is 0 Å². The van der Waals surface area contributed by atoms with Crippen molar-refractivity contribution in [3.8, 4) is 0 Å². The average Bonchev–Trinajstić information content (AvgIpc) is 2.95. The second kappa shape index (κ2) is 5.04. The Morgan fingerprint density at radius 3 is 2.76 bits per heavy atom. The third kappa shape index (κ3) is 2.14. The highest BCUT2D eigenvalue weighted by Gasteiger charge is 2.39. The molecule has 2 aromatic rings. The highest BCUT2D eigenvalue weighted by molar-refractivity contribution is 6.35. The topological polar surface area (TPSA) is 24.9 Å². The number of halogens is 2. The number of pyridine rings is 1. The molecule has 3 atom stereocenters. The van der Waals surface area contributed by atoms with Crippen LogP contribution in [0.1, 0.15) is 29.5 Å². The van der Waals surface area contributed by atoms with Crippen LogP contribution < -0.4 is 5.32 Å². The minimum Gasteiger partial charge on any atom is -0.378 e. The van der Waals surface area contributed by atoms with Gasteiger partial charge < -0.3 is 5.32 Å². The van der Waals surface area contributed by atoms with Crippen LogP contribution in [0, 0.1) is 5.92 Å². The Balaban J connectivity index is 1.84. The first-order chi connectivity index (χ1) is 10.2. The van der Waals surface area contributed by atoms with Gasteiger partial charge in [0, 0.05) is 39.6 Å². The Labute approximate surface area is 133 Å². The maximum atomic E-state index is 6.44. The second-order valence-electron chi connectivity index (χ2n) is 5.60. The molecule has 0 saturated heterocycles. The summed E-state index contributed by atoms with van der Waals surface area (Å²) >= 11 is 12.6. The normalized spacial score (nSPS) is 26.1. The number of anilines is 1. The first-order valence-corrected chi connectivity index (χ1v) is 7.81. The van der Waals surface area contributed by atoms with Gasteiger partial charge in [-0.15, -0.1) is 0 Å². The predicted octanol–water partition coefficient (Wildman–Crippen LogP) is 5.21. The fourth-order valence-corrected chi connectivity index (χ4v) is 4.16. The van der Waals surface area contributed by atoms with Crippen molar-refractivity contribution in [3.05, 3.63) is 70.0 Å². The van der Waals surface area contributed by atoms with Gasteiger partial charge in [-0.25, -0.2) is 0 Å². The minimum absolute atomic E-state index is 0.259. The highest BCUT2D eigenvalue weighted by Crippen LogP contribution is 2.52. The van der Waals surface area contributed by atoms with Crippen LogP contribution in [-0.2, 0) is 0 Å². The SMILES string of the molecule is Clc1cc(Cl)c2c(c1)N[C@H](c1ccncc1)[C@@H]1CC=C[C@H]21. The van der Waals surface area contributed by atoms with E-state index in [0.29, 0.717) is 16.9 Å². The van der Waals surface area contributed by atoms with Gasteiger partial charge in [-0.2, -0.15) is 0 Å². The first-order valence-electron chi connectivity index (χ1n) is 7.06. The number of hydrogen-bond acceptors (Lipinski definition) is 2. The summed E-state index contributed by atoms with van der Waals surface area (Å²) in [5.74, 6) is 0.836. The summed E-state index contributed by atoms with van der Waals surface area (Å²) in [6.45, 7) is 0. The van der Waals surface area contributed by atoms with Crippen molar-refractivity contribution in [2.45, 2.75) is 18.4 Å². The van der Waals surface area contributed by atoms with Crippen LogP contribution in [0.5, 0.6) is 0 Å². The fourth-order valence-electron chi connectivity index (χ4n) is 3.54. The van der Waals surface area contributed by atoms with Gasteiger partial charge in [0.25, 0.3) is 0 Å². The molecule has 0 fully saturated rings. The van der Waals surface area contributed by atoms with Gasteiger partial charge in [-0.3, -0.25) is 4.98 Å². The molecule has 0 bridgehead atoms. The van der Waals surface area contributed by atoms with Gasteiger partial charge in [-0.1, -0.05) is 35.4 Å². The number of nitrogens with zero attached hydrogens (tertiary/aromatic N) is 1. The van der Waals surface area contributed by atoms with Crippen LogP contribution in [0.3, 0.4) is 0 Å². The fraction of sp³-hybridized carbons (Fsp3) is 0.235. The molecule has 0 spiro atoms. The van der Waals surface area contributed by atoms with Crippen LogP contribution in [0.2, 0.25) is 10.0 Å². The molecule has 1 aromatic carbocycles. The largest absolute Gasteiger partial charge is 0.378 e. The van der Waals surface area contributed by atoms with Gasteiger partial charge in [0.15, 0.2) is 0 Å². The molecule has 2 nitrogen and oxygen atoms in total. The van der Waals surface area contributed by atoms with Crippen LogP contribution in [-0.4, -0.2) is 4.98 Å². The van der Waals surface area contributed by atoms with Crippen molar-refractivity contribution < 1.29 is 0 Å². The van der Waals surface area contributed by atoms with Gasteiger partial charge in [0.2, 0.25) is 0 Å². The summed E-state index contributed by atoms with van der Waals surface area (Å²) in [7, 11) is 0. The molecule has 106 valence electrons. The number of rotatable bonds is 1. The smallest absolute Gasteiger partial charge is 0.0555 e. The van der Waals surface area contributed by atoms with Crippen molar-refractivity contribution in [3.63, 3.8) is 0 Å². The summed E-state index contributed by atoms with van der Waals surface area (Å²) in [5, 5.41) is 5.05. The summed E-state index contributed by atoms with van der Waals surface area (Å²) in [6.07, 6.45) is 9.27. The summed E-state index contributed by atoms with van der Waals surface area (Å²) < 4.78 is 0. The molecule has 1 N–H and O–H groups in total. The number of allylic oxidation sites excluding steroid dienone is 2. The lowest BCUT2D eigenvalue weighted by molar-refractivity contribution is 0.425. The first kappa shape index (κ1) is 13.2. The highest BCUT2D eigenvalue weighted by atomic mass is 35.5. The molecule has 21 heavy (non-hydrogen) atoms. The van der Waals surface area contributed by atoms with Crippen molar-refractivity contribution in [2.24, 2.45) is 5.92 Å². The molecule has 0 unspecified atom stereocenters. The molecule has 1 aromatic heterocycles. The van der Waals surface area contributed by atoms with E-state index in [1.165, 1.54) is 11.1 Å². The Bertz CT molecular complexity index is 712. The molecule has 0 saturated carbocycles.